The lowest BCUT2D eigenvalue weighted by atomic mass is 9.75. The number of hydrogen-bond donors (Lipinski definition) is 2. The van der Waals surface area contributed by atoms with Gasteiger partial charge in [0.2, 0.25) is 0 Å². The molecular formula is C23H18F4N4O3S. The molecule has 0 bridgehead atoms. The van der Waals surface area contributed by atoms with Crippen LogP contribution in [0.25, 0.3) is 0 Å². The summed E-state index contributed by atoms with van der Waals surface area (Å²) in [6, 6.07) is 7.28. The van der Waals surface area contributed by atoms with Gasteiger partial charge in [-0.3, -0.25) is 9.69 Å². The van der Waals surface area contributed by atoms with Gasteiger partial charge < -0.3 is 20.1 Å². The third-order valence-corrected chi connectivity index (χ3v) is 6.95. The summed E-state index contributed by atoms with van der Waals surface area (Å²) in [5.74, 6) is -1.28. The van der Waals surface area contributed by atoms with Gasteiger partial charge in [0.1, 0.15) is 23.2 Å². The third kappa shape index (κ3) is 3.49. The van der Waals surface area contributed by atoms with Crippen LogP contribution in [0.4, 0.5) is 34.6 Å². The Hall–Kier alpha value is -3.43. The number of nitrogens with one attached hydrogen (secondary N) is 1. The predicted octanol–water partition coefficient (Wildman–Crippen LogP) is 3.94. The van der Waals surface area contributed by atoms with Crippen molar-refractivity contribution in [3.8, 4) is 11.8 Å². The number of halogens is 4. The second-order valence-electron chi connectivity index (χ2n) is 8.59. The van der Waals surface area contributed by atoms with Gasteiger partial charge in [0, 0.05) is 5.69 Å². The second kappa shape index (κ2) is 8.07. The van der Waals surface area contributed by atoms with Crippen LogP contribution in [0.5, 0.6) is 5.75 Å². The largest absolute Gasteiger partial charge is 0.484 e. The van der Waals surface area contributed by atoms with E-state index in [2.05, 4.69) is 5.32 Å². The smallest absolute Gasteiger partial charge is 0.417 e. The fourth-order valence-electron chi connectivity index (χ4n) is 4.70. The highest BCUT2D eigenvalue weighted by Gasteiger charge is 2.60. The van der Waals surface area contributed by atoms with Gasteiger partial charge in [-0.1, -0.05) is 0 Å². The molecule has 5 rings (SSSR count). The molecular weight excluding hydrogens is 488 g/mol. The van der Waals surface area contributed by atoms with E-state index in [1.54, 1.807) is 23.1 Å². The summed E-state index contributed by atoms with van der Waals surface area (Å²) < 4.78 is 61.3. The highest BCUT2D eigenvalue weighted by atomic mass is 32.1. The monoisotopic (exact) mass is 506 g/mol. The number of carbonyl (C=O) groups excluding carboxylic acids is 1. The first-order valence-corrected chi connectivity index (χ1v) is 11.2. The van der Waals surface area contributed by atoms with E-state index in [0.29, 0.717) is 55.1 Å². The number of fused-ring (bicyclic) bond motifs is 1. The van der Waals surface area contributed by atoms with E-state index >= 15 is 0 Å². The zero-order valence-electron chi connectivity index (χ0n) is 18.0. The minimum absolute atomic E-state index is 0.156. The second-order valence-corrected chi connectivity index (χ2v) is 8.95. The first-order valence-electron chi connectivity index (χ1n) is 10.8. The highest BCUT2D eigenvalue weighted by molar-refractivity contribution is 7.81. The van der Waals surface area contributed by atoms with Crippen LogP contribution in [0.3, 0.4) is 0 Å². The summed E-state index contributed by atoms with van der Waals surface area (Å²) in [6.07, 6.45) is -3.88. The molecule has 2 heterocycles. The molecule has 1 saturated heterocycles. The first-order chi connectivity index (χ1) is 16.6. The van der Waals surface area contributed by atoms with Crippen molar-refractivity contribution in [1.29, 1.82) is 5.26 Å². The zero-order valence-corrected chi connectivity index (χ0v) is 18.8. The van der Waals surface area contributed by atoms with Gasteiger partial charge in [-0.2, -0.15) is 18.4 Å². The van der Waals surface area contributed by atoms with Gasteiger partial charge in [-0.05, 0) is 61.8 Å². The molecule has 1 saturated carbocycles. The number of alkyl halides is 3. The van der Waals surface area contributed by atoms with E-state index in [1.807, 2.05) is 0 Å². The van der Waals surface area contributed by atoms with Crippen molar-refractivity contribution in [3.05, 3.63) is 47.3 Å². The van der Waals surface area contributed by atoms with Crippen molar-refractivity contribution in [3.63, 3.8) is 0 Å². The Morgan fingerprint density at radius 2 is 2.03 bits per heavy atom. The molecule has 35 heavy (non-hydrogen) atoms. The van der Waals surface area contributed by atoms with Crippen LogP contribution in [0.2, 0.25) is 0 Å². The number of nitriles is 1. The van der Waals surface area contributed by atoms with Gasteiger partial charge in [-0.15, -0.1) is 0 Å². The number of thiocarbonyl (C=S) groups is 1. The summed E-state index contributed by atoms with van der Waals surface area (Å²) >= 11 is 5.54. The number of amides is 1. The molecule has 12 heteroatoms. The van der Waals surface area contributed by atoms with Crippen LogP contribution < -0.4 is 19.9 Å². The predicted molar refractivity (Wildman–Crippen MR) is 122 cm³/mol. The Balaban J connectivity index is 1.59. The highest BCUT2D eigenvalue weighted by Crippen LogP contribution is 2.49. The molecule has 7 nitrogen and oxygen atoms in total. The normalized spacial score (nSPS) is 20.7. The minimum atomic E-state index is -4.93. The van der Waals surface area contributed by atoms with Crippen molar-refractivity contribution in [1.82, 2.24) is 0 Å². The lowest BCUT2D eigenvalue weighted by molar-refractivity contribution is -0.137. The molecule has 182 valence electrons. The molecule has 1 atom stereocenters. The molecule has 0 unspecified atom stereocenters. The number of carbonyl (C=O) groups is 1. The molecule has 1 amide bonds. The van der Waals surface area contributed by atoms with E-state index in [0.717, 1.165) is 4.90 Å². The summed E-state index contributed by atoms with van der Waals surface area (Å²) in [6.45, 7) is 0.178. The summed E-state index contributed by atoms with van der Waals surface area (Å²) in [7, 11) is 0. The Labute approximate surface area is 202 Å². The minimum Gasteiger partial charge on any atom is -0.484 e. The van der Waals surface area contributed by atoms with Crippen LogP contribution in [0.15, 0.2) is 30.3 Å². The maximum Gasteiger partial charge on any atom is 0.417 e. The molecule has 3 aliphatic rings. The number of anilines is 3. The lowest BCUT2D eigenvalue weighted by Crippen LogP contribution is -2.55. The van der Waals surface area contributed by atoms with Crippen LogP contribution in [-0.2, 0) is 11.0 Å². The molecule has 2 aromatic carbocycles. The molecule has 2 fully saturated rings. The third-order valence-electron chi connectivity index (χ3n) is 6.59. The van der Waals surface area contributed by atoms with E-state index in [4.69, 9.17) is 22.2 Å². The van der Waals surface area contributed by atoms with Crippen molar-refractivity contribution in [2.24, 2.45) is 0 Å². The quantitative estimate of drug-likeness (QED) is 0.482. The molecule has 0 aromatic heterocycles. The Kier molecular flexibility index (Phi) is 5.37. The van der Waals surface area contributed by atoms with E-state index in [9.17, 15) is 27.5 Å². The Morgan fingerprint density at radius 3 is 2.63 bits per heavy atom. The van der Waals surface area contributed by atoms with Gasteiger partial charge >= 0.3 is 6.18 Å². The summed E-state index contributed by atoms with van der Waals surface area (Å²) in [5.41, 5.74) is -2.93. The molecule has 2 aliphatic heterocycles. The number of rotatable bonds is 3. The topological polar surface area (TPSA) is 88.8 Å². The average Bonchev–Trinajstić information content (AvgIpc) is 3.04. The summed E-state index contributed by atoms with van der Waals surface area (Å²) in [5, 5.41) is 21.4. The maximum absolute atomic E-state index is 15.0. The number of nitrogens with zero attached hydrogens (tertiary/aromatic N) is 3. The van der Waals surface area contributed by atoms with Crippen LogP contribution >= 0.6 is 12.2 Å². The molecule has 2 aromatic rings. The van der Waals surface area contributed by atoms with Gasteiger partial charge in [-0.25, -0.2) is 4.39 Å². The average molecular weight is 506 g/mol. The zero-order chi connectivity index (χ0) is 25.1. The number of aliphatic hydroxyl groups excluding tert-OH is 1. The van der Waals surface area contributed by atoms with Crippen molar-refractivity contribution in [2.75, 3.05) is 28.3 Å². The van der Waals surface area contributed by atoms with Crippen molar-refractivity contribution < 1.29 is 32.2 Å². The van der Waals surface area contributed by atoms with E-state index < -0.39 is 46.4 Å². The number of hydrogen-bond acceptors (Lipinski definition) is 6. The van der Waals surface area contributed by atoms with E-state index in [-0.39, 0.29) is 11.7 Å². The van der Waals surface area contributed by atoms with E-state index in [1.165, 1.54) is 6.07 Å². The van der Waals surface area contributed by atoms with Crippen molar-refractivity contribution in [2.45, 2.75) is 37.1 Å². The van der Waals surface area contributed by atoms with Crippen LogP contribution in [0.1, 0.15) is 30.4 Å². The molecule has 2 N–H and O–H groups in total. The summed E-state index contributed by atoms with van der Waals surface area (Å²) in [4.78, 5) is 15.9. The van der Waals surface area contributed by atoms with Gasteiger partial charge in [0.05, 0.1) is 41.7 Å². The number of ether oxygens (including phenoxy) is 1. The molecule has 0 radical (unpaired) electrons. The molecule has 1 spiro atoms. The maximum atomic E-state index is 15.0. The van der Waals surface area contributed by atoms with Crippen molar-refractivity contribution >= 4 is 40.3 Å². The van der Waals surface area contributed by atoms with Gasteiger partial charge in [0.25, 0.3) is 5.91 Å². The number of aliphatic hydroxyl groups is 1. The van der Waals surface area contributed by atoms with Gasteiger partial charge in [0.15, 0.2) is 5.11 Å². The SMILES string of the molecule is N#Cc1cc(F)c(N2C(=O)C3(CCC3)N(c3ccc4c(c3)NC[C@@H](CO)O4)C2=S)cc1C(F)(F)F. The lowest BCUT2D eigenvalue weighted by Gasteiger charge is -2.43. The first kappa shape index (κ1) is 23.3. The molecule has 1 aliphatic carbocycles. The fraction of sp³-hybridized carbons (Fsp3) is 0.348. The number of benzene rings is 2. The standard InChI is InChI=1S/C23H18F4N4O3S/c24-16-6-12(9-28)15(23(25,26)27)8-18(16)30-20(33)22(4-1-5-22)31(21(30)35)13-2-3-19-17(7-13)29-10-14(11-32)34-19/h2-3,6-8,14,29,32H,1,4-5,10-11H2/t14-/m0/s1. The fourth-order valence-corrected chi connectivity index (χ4v) is 5.16. The van der Waals surface area contributed by atoms with Crippen LogP contribution in [-0.4, -0.2) is 40.9 Å². The Bertz CT molecular complexity index is 1290. The Morgan fingerprint density at radius 1 is 1.29 bits per heavy atom. The van der Waals surface area contributed by atoms with Crippen LogP contribution in [0, 0.1) is 17.1 Å².